The van der Waals surface area contributed by atoms with Crippen molar-refractivity contribution in [3.05, 3.63) is 95.7 Å². The molecular formula is C29H32N4O3. The Morgan fingerprint density at radius 3 is 2.42 bits per heavy atom. The number of hydrogen-bond acceptors (Lipinski definition) is 4. The standard InChI is InChI=1S/C29H32N4O3/c1-4-36-27-12-8-6-10-23(27)29(35)32-19-28(34)31-17-24(20-13-15-21(16-14-20)33(2)3)25-18-30-26-11-7-5-9-22(25)26/h5-16,18,24,30H,4,17,19H2,1-3H3,(H,31,34)(H,32,35). The fourth-order valence-electron chi connectivity index (χ4n) is 4.26. The molecule has 0 saturated heterocycles. The van der Waals surface area contributed by atoms with Crippen LogP contribution >= 0.6 is 0 Å². The summed E-state index contributed by atoms with van der Waals surface area (Å²) in [5.41, 5.74) is 4.77. The van der Waals surface area contributed by atoms with Crippen LogP contribution in [-0.4, -0.2) is 50.6 Å². The highest BCUT2D eigenvalue weighted by Crippen LogP contribution is 2.31. The van der Waals surface area contributed by atoms with Crippen molar-refractivity contribution in [3.8, 4) is 5.75 Å². The van der Waals surface area contributed by atoms with Gasteiger partial charge in [-0.1, -0.05) is 42.5 Å². The maximum absolute atomic E-state index is 12.7. The molecule has 1 heterocycles. The van der Waals surface area contributed by atoms with Crippen molar-refractivity contribution in [1.29, 1.82) is 0 Å². The van der Waals surface area contributed by atoms with Crippen LogP contribution in [0.1, 0.15) is 34.3 Å². The summed E-state index contributed by atoms with van der Waals surface area (Å²) in [5, 5.41) is 6.83. The molecule has 4 aromatic rings. The van der Waals surface area contributed by atoms with Crippen molar-refractivity contribution in [2.75, 3.05) is 38.7 Å². The number of H-pyrrole nitrogens is 1. The molecule has 1 atom stereocenters. The third kappa shape index (κ3) is 5.68. The Bertz CT molecular complexity index is 1330. The maximum Gasteiger partial charge on any atom is 0.255 e. The van der Waals surface area contributed by atoms with Gasteiger partial charge in [-0.2, -0.15) is 0 Å². The van der Waals surface area contributed by atoms with E-state index in [1.807, 2.05) is 51.5 Å². The van der Waals surface area contributed by atoms with Crippen LogP contribution in [0.4, 0.5) is 5.69 Å². The van der Waals surface area contributed by atoms with Crippen LogP contribution in [0.25, 0.3) is 10.9 Å². The minimum atomic E-state index is -0.346. The molecule has 3 N–H and O–H groups in total. The van der Waals surface area contributed by atoms with E-state index in [4.69, 9.17) is 4.74 Å². The van der Waals surface area contributed by atoms with E-state index >= 15 is 0 Å². The van der Waals surface area contributed by atoms with Crippen LogP contribution < -0.4 is 20.3 Å². The average Bonchev–Trinajstić information content (AvgIpc) is 3.32. The van der Waals surface area contributed by atoms with Gasteiger partial charge >= 0.3 is 0 Å². The van der Waals surface area contributed by atoms with Gasteiger partial charge in [-0.25, -0.2) is 0 Å². The van der Waals surface area contributed by atoms with Crippen LogP contribution in [0, 0.1) is 0 Å². The topological polar surface area (TPSA) is 86.5 Å². The number of rotatable bonds is 10. The first kappa shape index (κ1) is 24.9. The minimum Gasteiger partial charge on any atom is -0.493 e. The largest absolute Gasteiger partial charge is 0.493 e. The Kier molecular flexibility index (Phi) is 7.90. The lowest BCUT2D eigenvalue weighted by atomic mass is 9.90. The fraction of sp³-hybridized carbons (Fsp3) is 0.241. The monoisotopic (exact) mass is 484 g/mol. The number of anilines is 1. The third-order valence-electron chi connectivity index (χ3n) is 6.15. The average molecular weight is 485 g/mol. The maximum atomic E-state index is 12.7. The summed E-state index contributed by atoms with van der Waals surface area (Å²) in [6.45, 7) is 2.59. The number of carbonyl (C=O) groups is 2. The van der Waals surface area contributed by atoms with Crippen LogP contribution in [0.3, 0.4) is 0 Å². The molecule has 0 fully saturated rings. The van der Waals surface area contributed by atoms with E-state index in [0.717, 1.165) is 27.7 Å². The van der Waals surface area contributed by atoms with E-state index in [1.54, 1.807) is 18.2 Å². The number of nitrogens with zero attached hydrogens (tertiary/aromatic N) is 1. The predicted molar refractivity (Wildman–Crippen MR) is 144 cm³/mol. The van der Waals surface area contributed by atoms with Gasteiger partial charge in [0.05, 0.1) is 18.7 Å². The van der Waals surface area contributed by atoms with Crippen molar-refractivity contribution in [2.24, 2.45) is 0 Å². The van der Waals surface area contributed by atoms with Crippen molar-refractivity contribution >= 4 is 28.4 Å². The molecule has 0 aliphatic rings. The molecule has 0 radical (unpaired) electrons. The van der Waals surface area contributed by atoms with Gasteiger partial charge < -0.3 is 25.3 Å². The number of aromatic nitrogens is 1. The number of nitrogens with one attached hydrogen (secondary N) is 3. The molecule has 1 unspecified atom stereocenters. The lowest BCUT2D eigenvalue weighted by Crippen LogP contribution is -2.38. The summed E-state index contributed by atoms with van der Waals surface area (Å²) in [4.78, 5) is 30.8. The highest BCUT2D eigenvalue weighted by Gasteiger charge is 2.20. The second-order valence-electron chi connectivity index (χ2n) is 8.74. The molecule has 36 heavy (non-hydrogen) atoms. The normalized spacial score (nSPS) is 11.6. The van der Waals surface area contributed by atoms with Crippen LogP contribution in [0.5, 0.6) is 5.75 Å². The van der Waals surface area contributed by atoms with E-state index in [0.29, 0.717) is 24.5 Å². The van der Waals surface area contributed by atoms with Crippen molar-refractivity contribution in [3.63, 3.8) is 0 Å². The number of carbonyl (C=O) groups excluding carboxylic acids is 2. The molecule has 1 aromatic heterocycles. The second kappa shape index (κ2) is 11.4. The number of benzene rings is 3. The summed E-state index contributed by atoms with van der Waals surface area (Å²) in [6.07, 6.45) is 2.01. The molecule has 0 saturated carbocycles. The molecule has 0 spiro atoms. The highest BCUT2D eigenvalue weighted by atomic mass is 16.5. The van der Waals surface area contributed by atoms with Crippen molar-refractivity contribution in [2.45, 2.75) is 12.8 Å². The van der Waals surface area contributed by atoms with Crippen molar-refractivity contribution in [1.82, 2.24) is 15.6 Å². The zero-order valence-electron chi connectivity index (χ0n) is 20.9. The van der Waals surface area contributed by atoms with Gasteiger partial charge in [0.15, 0.2) is 0 Å². The molecule has 3 aromatic carbocycles. The molecule has 0 aliphatic carbocycles. The molecule has 186 valence electrons. The second-order valence-corrected chi connectivity index (χ2v) is 8.74. The van der Waals surface area contributed by atoms with E-state index in [9.17, 15) is 9.59 Å². The highest BCUT2D eigenvalue weighted by molar-refractivity contribution is 5.98. The smallest absolute Gasteiger partial charge is 0.255 e. The first-order valence-electron chi connectivity index (χ1n) is 12.1. The first-order valence-corrected chi connectivity index (χ1v) is 12.1. The van der Waals surface area contributed by atoms with Crippen LogP contribution in [0.15, 0.2) is 79.0 Å². The summed E-state index contributed by atoms with van der Waals surface area (Å²) in [5.74, 6) is -0.164. The molecule has 7 nitrogen and oxygen atoms in total. The summed E-state index contributed by atoms with van der Waals surface area (Å²) < 4.78 is 5.53. The number of hydrogen-bond donors (Lipinski definition) is 3. The van der Waals surface area contributed by atoms with E-state index in [-0.39, 0.29) is 24.3 Å². The van der Waals surface area contributed by atoms with E-state index in [1.165, 1.54) is 0 Å². The quantitative estimate of drug-likeness (QED) is 0.313. The number of para-hydroxylation sites is 2. The zero-order valence-corrected chi connectivity index (χ0v) is 20.9. The summed E-state index contributed by atoms with van der Waals surface area (Å²) in [7, 11) is 4.01. The van der Waals surface area contributed by atoms with Gasteiger partial charge in [0, 0.05) is 49.3 Å². The fourth-order valence-corrected chi connectivity index (χ4v) is 4.26. The van der Waals surface area contributed by atoms with Crippen LogP contribution in [-0.2, 0) is 4.79 Å². The van der Waals surface area contributed by atoms with Gasteiger partial charge in [-0.3, -0.25) is 9.59 Å². The Morgan fingerprint density at radius 2 is 1.67 bits per heavy atom. The molecule has 0 aliphatic heterocycles. The third-order valence-corrected chi connectivity index (χ3v) is 6.15. The number of fused-ring (bicyclic) bond motifs is 1. The lowest BCUT2D eigenvalue weighted by Gasteiger charge is -2.20. The summed E-state index contributed by atoms with van der Waals surface area (Å²) in [6, 6.07) is 23.5. The van der Waals surface area contributed by atoms with Crippen LogP contribution in [0.2, 0.25) is 0 Å². The molecule has 7 heteroatoms. The van der Waals surface area contributed by atoms with Gasteiger partial charge in [0.2, 0.25) is 5.91 Å². The Balaban J connectivity index is 1.47. The number of ether oxygens (including phenoxy) is 1. The van der Waals surface area contributed by atoms with E-state index < -0.39 is 0 Å². The van der Waals surface area contributed by atoms with Crippen molar-refractivity contribution < 1.29 is 14.3 Å². The molecule has 0 bridgehead atoms. The Hall–Kier alpha value is -4.26. The minimum absolute atomic E-state index is 0.0595. The Morgan fingerprint density at radius 1 is 0.944 bits per heavy atom. The number of amides is 2. The first-order chi connectivity index (χ1) is 17.5. The Labute approximate surface area is 211 Å². The number of aromatic amines is 1. The van der Waals surface area contributed by atoms with Gasteiger partial charge in [0.1, 0.15) is 5.75 Å². The predicted octanol–water partition coefficient (Wildman–Crippen LogP) is 4.31. The van der Waals surface area contributed by atoms with Gasteiger partial charge in [-0.05, 0) is 48.4 Å². The zero-order chi connectivity index (χ0) is 25.5. The summed E-state index contributed by atoms with van der Waals surface area (Å²) >= 11 is 0. The van der Waals surface area contributed by atoms with Gasteiger partial charge in [-0.15, -0.1) is 0 Å². The van der Waals surface area contributed by atoms with Gasteiger partial charge in [0.25, 0.3) is 5.91 Å². The SMILES string of the molecule is CCOc1ccccc1C(=O)NCC(=O)NCC(c1ccc(N(C)C)cc1)c1c[nH]c2ccccc12. The lowest BCUT2D eigenvalue weighted by molar-refractivity contribution is -0.120. The molecular weight excluding hydrogens is 452 g/mol. The molecule has 2 amide bonds. The molecule has 4 rings (SSSR count). The van der Waals surface area contributed by atoms with E-state index in [2.05, 4.69) is 50.8 Å².